The molecule has 3 aromatic rings. The smallest absolute Gasteiger partial charge is 0.262 e. The number of rotatable bonds is 3. The minimum atomic E-state index is -3.81. The summed E-state index contributed by atoms with van der Waals surface area (Å²) in [4.78, 5) is 7.64. The monoisotopic (exact) mass is 303 g/mol. The Morgan fingerprint density at radius 2 is 1.86 bits per heavy atom. The molecule has 0 unspecified atom stereocenters. The summed E-state index contributed by atoms with van der Waals surface area (Å²) in [5, 5.41) is 0.516. The fraction of sp³-hybridized carbons (Fsp3) is 0. The van der Waals surface area contributed by atoms with Crippen molar-refractivity contribution in [1.29, 1.82) is 0 Å². The first-order chi connectivity index (χ1) is 10.1. The fourth-order valence-corrected chi connectivity index (χ4v) is 3.22. The molecule has 0 aliphatic rings. The van der Waals surface area contributed by atoms with Crippen molar-refractivity contribution in [2.75, 3.05) is 4.72 Å². The standard InChI is InChI=1S/C14H10FN3O2S/c15-14-7-6-10(9-17-14)18-21(19,20)13-5-1-4-12-11(13)3-2-8-16-12/h1-9,18H. The zero-order chi connectivity index (χ0) is 14.9. The summed E-state index contributed by atoms with van der Waals surface area (Å²) in [6.07, 6.45) is 2.71. The maximum atomic E-state index is 12.8. The molecule has 0 atom stereocenters. The number of anilines is 1. The zero-order valence-electron chi connectivity index (χ0n) is 10.7. The van der Waals surface area contributed by atoms with Crippen LogP contribution in [0.1, 0.15) is 0 Å². The summed E-state index contributed by atoms with van der Waals surface area (Å²) in [7, 11) is -3.81. The zero-order valence-corrected chi connectivity index (χ0v) is 11.5. The lowest BCUT2D eigenvalue weighted by Gasteiger charge is -2.09. The molecule has 0 fully saturated rings. The predicted octanol–water partition coefficient (Wildman–Crippen LogP) is 2.57. The number of aromatic nitrogens is 2. The van der Waals surface area contributed by atoms with Crippen molar-refractivity contribution < 1.29 is 12.8 Å². The number of sulfonamides is 1. The van der Waals surface area contributed by atoms with Gasteiger partial charge in [0.25, 0.3) is 10.0 Å². The fourth-order valence-electron chi connectivity index (χ4n) is 1.96. The second kappa shape index (κ2) is 5.10. The van der Waals surface area contributed by atoms with Crippen molar-refractivity contribution >= 4 is 26.6 Å². The van der Waals surface area contributed by atoms with Gasteiger partial charge in [-0.3, -0.25) is 9.71 Å². The lowest BCUT2D eigenvalue weighted by molar-refractivity contribution is 0.583. The highest BCUT2D eigenvalue weighted by Crippen LogP contribution is 2.23. The van der Waals surface area contributed by atoms with Crippen molar-refractivity contribution in [1.82, 2.24) is 9.97 Å². The number of hydrogen-bond acceptors (Lipinski definition) is 4. The number of nitrogens with zero attached hydrogens (tertiary/aromatic N) is 2. The van der Waals surface area contributed by atoms with Crippen LogP contribution in [0.15, 0.2) is 59.8 Å². The summed E-state index contributed by atoms with van der Waals surface area (Å²) < 4.78 is 40.0. The van der Waals surface area contributed by atoms with Gasteiger partial charge in [0.05, 0.1) is 22.3 Å². The number of pyridine rings is 2. The van der Waals surface area contributed by atoms with Gasteiger partial charge < -0.3 is 0 Å². The van der Waals surface area contributed by atoms with E-state index in [0.717, 1.165) is 12.3 Å². The average molecular weight is 303 g/mol. The molecule has 0 saturated heterocycles. The average Bonchev–Trinajstić information content (AvgIpc) is 2.49. The highest BCUT2D eigenvalue weighted by atomic mass is 32.2. The largest absolute Gasteiger partial charge is 0.278 e. The van der Waals surface area contributed by atoms with E-state index in [2.05, 4.69) is 14.7 Å². The maximum Gasteiger partial charge on any atom is 0.262 e. The lowest BCUT2D eigenvalue weighted by Crippen LogP contribution is -2.13. The molecule has 1 aromatic carbocycles. The predicted molar refractivity (Wildman–Crippen MR) is 76.7 cm³/mol. The van der Waals surface area contributed by atoms with Crippen LogP contribution in [0.5, 0.6) is 0 Å². The first kappa shape index (κ1) is 13.4. The third kappa shape index (κ3) is 2.68. The first-order valence-electron chi connectivity index (χ1n) is 6.04. The topological polar surface area (TPSA) is 72.0 Å². The molecule has 0 aliphatic heterocycles. The van der Waals surface area contributed by atoms with Crippen LogP contribution in [0, 0.1) is 5.95 Å². The molecule has 0 spiro atoms. The number of halogens is 1. The molecule has 0 saturated carbocycles. The van der Waals surface area contributed by atoms with Crippen LogP contribution in [0.3, 0.4) is 0 Å². The highest BCUT2D eigenvalue weighted by molar-refractivity contribution is 7.93. The molecule has 7 heteroatoms. The SMILES string of the molecule is O=S(=O)(Nc1ccc(F)nc1)c1cccc2ncccc12. The molecular formula is C14H10FN3O2S. The van der Waals surface area contributed by atoms with Gasteiger partial charge in [0.1, 0.15) is 0 Å². The molecule has 106 valence electrons. The van der Waals surface area contributed by atoms with Crippen molar-refractivity contribution in [3.63, 3.8) is 0 Å². The van der Waals surface area contributed by atoms with E-state index in [9.17, 15) is 12.8 Å². The summed E-state index contributed by atoms with van der Waals surface area (Å²) >= 11 is 0. The van der Waals surface area contributed by atoms with Gasteiger partial charge in [-0.25, -0.2) is 13.4 Å². The van der Waals surface area contributed by atoms with Gasteiger partial charge in [-0.2, -0.15) is 4.39 Å². The number of fused-ring (bicyclic) bond motifs is 1. The van der Waals surface area contributed by atoms with Gasteiger partial charge in [0, 0.05) is 11.6 Å². The molecular weight excluding hydrogens is 293 g/mol. The minimum Gasteiger partial charge on any atom is -0.278 e. The van der Waals surface area contributed by atoms with E-state index >= 15 is 0 Å². The Balaban J connectivity index is 2.06. The third-order valence-corrected chi connectivity index (χ3v) is 4.31. The maximum absolute atomic E-state index is 12.8. The van der Waals surface area contributed by atoms with Gasteiger partial charge in [-0.05, 0) is 36.4 Å². The Morgan fingerprint density at radius 1 is 1.00 bits per heavy atom. The van der Waals surface area contributed by atoms with Gasteiger partial charge >= 0.3 is 0 Å². The Bertz CT molecular complexity index is 890. The van der Waals surface area contributed by atoms with Crippen LogP contribution < -0.4 is 4.72 Å². The van der Waals surface area contributed by atoms with Crippen LogP contribution >= 0.6 is 0 Å². The van der Waals surface area contributed by atoms with E-state index in [1.807, 2.05) is 0 Å². The van der Waals surface area contributed by atoms with Crippen molar-refractivity contribution in [2.45, 2.75) is 4.90 Å². The van der Waals surface area contributed by atoms with Gasteiger partial charge in [-0.1, -0.05) is 6.07 Å². The Morgan fingerprint density at radius 3 is 2.62 bits per heavy atom. The van der Waals surface area contributed by atoms with E-state index in [1.54, 1.807) is 30.5 Å². The quantitative estimate of drug-likeness (QED) is 0.755. The van der Waals surface area contributed by atoms with Crippen LogP contribution in [0.2, 0.25) is 0 Å². The molecule has 0 amide bonds. The van der Waals surface area contributed by atoms with Crippen LogP contribution in [0.4, 0.5) is 10.1 Å². The Hall–Kier alpha value is -2.54. The van der Waals surface area contributed by atoms with E-state index in [1.165, 1.54) is 12.1 Å². The first-order valence-corrected chi connectivity index (χ1v) is 7.53. The number of nitrogens with one attached hydrogen (secondary N) is 1. The molecule has 2 aromatic heterocycles. The highest BCUT2D eigenvalue weighted by Gasteiger charge is 2.17. The molecule has 5 nitrogen and oxygen atoms in total. The van der Waals surface area contributed by atoms with E-state index in [4.69, 9.17) is 0 Å². The van der Waals surface area contributed by atoms with Crippen LogP contribution in [-0.4, -0.2) is 18.4 Å². The molecule has 0 radical (unpaired) electrons. The van der Waals surface area contributed by atoms with E-state index < -0.39 is 16.0 Å². The van der Waals surface area contributed by atoms with Crippen molar-refractivity contribution in [3.05, 3.63) is 60.8 Å². The minimum absolute atomic E-state index is 0.109. The summed E-state index contributed by atoms with van der Waals surface area (Å²) in [5.74, 6) is -0.674. The number of benzene rings is 1. The summed E-state index contributed by atoms with van der Waals surface area (Å²) in [6.45, 7) is 0. The molecule has 21 heavy (non-hydrogen) atoms. The van der Waals surface area contributed by atoms with E-state index in [0.29, 0.717) is 10.9 Å². The van der Waals surface area contributed by atoms with Gasteiger partial charge in [0.15, 0.2) is 0 Å². The Labute approximate surface area is 120 Å². The van der Waals surface area contributed by atoms with Crippen molar-refractivity contribution in [2.24, 2.45) is 0 Å². The molecule has 0 aliphatic carbocycles. The molecule has 3 rings (SSSR count). The van der Waals surface area contributed by atoms with Crippen molar-refractivity contribution in [3.8, 4) is 0 Å². The summed E-state index contributed by atoms with van der Waals surface area (Å²) in [5.41, 5.74) is 0.773. The second-order valence-corrected chi connectivity index (χ2v) is 5.95. The molecule has 0 bridgehead atoms. The van der Waals surface area contributed by atoms with Gasteiger partial charge in [-0.15, -0.1) is 0 Å². The number of hydrogen-bond donors (Lipinski definition) is 1. The third-order valence-electron chi connectivity index (χ3n) is 2.87. The van der Waals surface area contributed by atoms with E-state index in [-0.39, 0.29) is 10.6 Å². The lowest BCUT2D eigenvalue weighted by atomic mass is 10.2. The van der Waals surface area contributed by atoms with Crippen LogP contribution in [0.25, 0.3) is 10.9 Å². The Kier molecular flexibility index (Phi) is 3.26. The molecule has 2 heterocycles. The van der Waals surface area contributed by atoms with Crippen LogP contribution in [-0.2, 0) is 10.0 Å². The second-order valence-electron chi connectivity index (χ2n) is 4.30. The van der Waals surface area contributed by atoms with Gasteiger partial charge in [0.2, 0.25) is 5.95 Å². The summed E-state index contributed by atoms with van der Waals surface area (Å²) in [6, 6.07) is 10.6. The normalized spacial score (nSPS) is 11.5. The molecule has 1 N–H and O–H groups in total.